The summed E-state index contributed by atoms with van der Waals surface area (Å²) in [4.78, 5) is 13.7. The van der Waals surface area contributed by atoms with Crippen LogP contribution in [-0.2, 0) is 0 Å². The minimum atomic E-state index is -0.914. The molecule has 1 atom stereocenters. The molecule has 4 nitrogen and oxygen atoms in total. The Balaban J connectivity index is 2.05. The van der Waals surface area contributed by atoms with Gasteiger partial charge in [-0.1, -0.05) is 6.07 Å². The third-order valence-electron chi connectivity index (χ3n) is 3.36. The number of halogens is 1. The number of aromatic carboxylic acids is 1. The summed E-state index contributed by atoms with van der Waals surface area (Å²) in [7, 11) is 0. The third-order valence-corrected chi connectivity index (χ3v) is 4.02. The molecule has 1 heterocycles. The van der Waals surface area contributed by atoms with Gasteiger partial charge in [-0.25, -0.2) is 4.79 Å². The molecule has 104 valence electrons. The van der Waals surface area contributed by atoms with Crippen molar-refractivity contribution in [1.29, 1.82) is 0 Å². The highest BCUT2D eigenvalue weighted by molar-refractivity contribution is 9.10. The van der Waals surface area contributed by atoms with Crippen LogP contribution >= 0.6 is 15.9 Å². The Morgan fingerprint density at radius 3 is 2.79 bits per heavy atom. The molecule has 1 aliphatic rings. The molecule has 1 aliphatic heterocycles. The molecule has 0 saturated carbocycles. The van der Waals surface area contributed by atoms with Gasteiger partial charge in [0.1, 0.15) is 0 Å². The van der Waals surface area contributed by atoms with Crippen LogP contribution in [0.2, 0.25) is 0 Å². The van der Waals surface area contributed by atoms with Crippen molar-refractivity contribution < 1.29 is 9.90 Å². The van der Waals surface area contributed by atoms with Gasteiger partial charge >= 0.3 is 5.97 Å². The average molecular weight is 327 g/mol. The summed E-state index contributed by atoms with van der Waals surface area (Å²) >= 11 is 3.29. The number of benzene rings is 1. The van der Waals surface area contributed by atoms with Crippen LogP contribution < -0.4 is 5.32 Å². The highest BCUT2D eigenvalue weighted by Gasteiger charge is 2.18. The second kappa shape index (κ2) is 6.39. The number of nitrogens with zero attached hydrogens (tertiary/aromatic N) is 1. The molecule has 0 amide bonds. The van der Waals surface area contributed by atoms with Crippen LogP contribution in [0.3, 0.4) is 0 Å². The monoisotopic (exact) mass is 326 g/mol. The van der Waals surface area contributed by atoms with Crippen molar-refractivity contribution >= 4 is 27.6 Å². The van der Waals surface area contributed by atoms with Gasteiger partial charge in [0.25, 0.3) is 0 Å². The third kappa shape index (κ3) is 3.70. The Bertz CT molecular complexity index is 459. The predicted octanol–water partition coefficient (Wildman–Crippen LogP) is 3.04. The molecule has 19 heavy (non-hydrogen) atoms. The predicted molar refractivity (Wildman–Crippen MR) is 79.9 cm³/mol. The van der Waals surface area contributed by atoms with Crippen LogP contribution in [0, 0.1) is 0 Å². The van der Waals surface area contributed by atoms with Gasteiger partial charge in [-0.05, 0) is 60.9 Å². The van der Waals surface area contributed by atoms with E-state index in [2.05, 4.69) is 33.1 Å². The van der Waals surface area contributed by atoms with Crippen LogP contribution in [0.1, 0.15) is 30.1 Å². The molecule has 0 aliphatic carbocycles. The minimum absolute atomic E-state index is 0.227. The van der Waals surface area contributed by atoms with Gasteiger partial charge in [-0.15, -0.1) is 0 Å². The van der Waals surface area contributed by atoms with Gasteiger partial charge in [0.05, 0.1) is 11.3 Å². The Morgan fingerprint density at radius 2 is 2.16 bits per heavy atom. The maximum atomic E-state index is 11.3. The van der Waals surface area contributed by atoms with Crippen molar-refractivity contribution in [2.45, 2.75) is 25.8 Å². The smallest absolute Gasteiger partial charge is 0.338 e. The Kier molecular flexibility index (Phi) is 4.82. The van der Waals surface area contributed by atoms with Crippen molar-refractivity contribution in [3.8, 4) is 0 Å². The quantitative estimate of drug-likeness (QED) is 0.873. The lowest BCUT2D eigenvalue weighted by atomic mass is 10.1. The number of carboxylic acids is 1. The molecule has 0 aromatic heterocycles. The first-order valence-electron chi connectivity index (χ1n) is 6.58. The number of likely N-dealkylation sites (tertiary alicyclic amines) is 1. The van der Waals surface area contributed by atoms with Crippen LogP contribution in [-0.4, -0.2) is 41.7 Å². The zero-order valence-corrected chi connectivity index (χ0v) is 12.6. The van der Waals surface area contributed by atoms with Crippen LogP contribution in [0.5, 0.6) is 0 Å². The molecular formula is C14H19BrN2O2. The van der Waals surface area contributed by atoms with Crippen molar-refractivity contribution in [2.24, 2.45) is 0 Å². The van der Waals surface area contributed by atoms with Gasteiger partial charge in [0, 0.05) is 17.1 Å². The van der Waals surface area contributed by atoms with E-state index in [9.17, 15) is 9.90 Å². The molecule has 0 bridgehead atoms. The second-order valence-corrected chi connectivity index (χ2v) is 5.87. The number of hydrogen-bond donors (Lipinski definition) is 2. The molecule has 1 aromatic carbocycles. The largest absolute Gasteiger partial charge is 0.478 e. The van der Waals surface area contributed by atoms with E-state index in [1.165, 1.54) is 12.8 Å². The Morgan fingerprint density at radius 1 is 1.47 bits per heavy atom. The first-order valence-corrected chi connectivity index (χ1v) is 7.38. The highest BCUT2D eigenvalue weighted by Crippen LogP contribution is 2.25. The lowest BCUT2D eigenvalue weighted by Gasteiger charge is -2.23. The van der Waals surface area contributed by atoms with Crippen molar-refractivity contribution in [2.75, 3.05) is 25.0 Å². The lowest BCUT2D eigenvalue weighted by Crippen LogP contribution is -2.33. The van der Waals surface area contributed by atoms with E-state index in [-0.39, 0.29) is 6.04 Å². The molecule has 5 heteroatoms. The molecule has 1 fully saturated rings. The highest BCUT2D eigenvalue weighted by atomic mass is 79.9. The fraction of sp³-hybridized carbons (Fsp3) is 0.500. The van der Waals surface area contributed by atoms with Crippen LogP contribution in [0.15, 0.2) is 22.7 Å². The maximum Gasteiger partial charge on any atom is 0.338 e. The Hall–Kier alpha value is -1.07. The van der Waals surface area contributed by atoms with Gasteiger partial charge in [-0.3, -0.25) is 0 Å². The van der Waals surface area contributed by atoms with E-state index in [0.717, 1.165) is 19.6 Å². The first kappa shape index (κ1) is 14.3. The normalized spacial score (nSPS) is 17.4. The second-order valence-electron chi connectivity index (χ2n) is 5.02. The number of rotatable bonds is 5. The summed E-state index contributed by atoms with van der Waals surface area (Å²) in [5, 5.41) is 12.6. The van der Waals surface area contributed by atoms with Crippen LogP contribution in [0.4, 0.5) is 5.69 Å². The first-order chi connectivity index (χ1) is 9.08. The van der Waals surface area contributed by atoms with E-state index in [1.807, 2.05) is 12.1 Å². The van der Waals surface area contributed by atoms with Crippen molar-refractivity contribution in [1.82, 2.24) is 4.90 Å². The Labute approximate surface area is 121 Å². The standard InChI is InChI=1S/C14H19BrN2O2/c1-10(9-17-7-2-3-8-17)16-12-6-4-5-11(15)13(12)14(18)19/h4-6,10,16H,2-3,7-9H2,1H3,(H,18,19). The zero-order chi connectivity index (χ0) is 13.8. The molecular weight excluding hydrogens is 308 g/mol. The molecule has 0 spiro atoms. The summed E-state index contributed by atoms with van der Waals surface area (Å²) in [6.07, 6.45) is 2.54. The maximum absolute atomic E-state index is 11.3. The van der Waals surface area contributed by atoms with E-state index in [1.54, 1.807) is 6.07 Å². The van der Waals surface area contributed by atoms with E-state index < -0.39 is 5.97 Å². The van der Waals surface area contributed by atoms with Crippen molar-refractivity contribution in [3.63, 3.8) is 0 Å². The molecule has 2 N–H and O–H groups in total. The fourth-order valence-corrected chi connectivity index (χ4v) is 3.06. The minimum Gasteiger partial charge on any atom is -0.478 e. The summed E-state index contributed by atoms with van der Waals surface area (Å²) in [6, 6.07) is 5.64. The number of anilines is 1. The number of hydrogen-bond acceptors (Lipinski definition) is 3. The van der Waals surface area contributed by atoms with Crippen molar-refractivity contribution in [3.05, 3.63) is 28.2 Å². The molecule has 2 rings (SSSR count). The number of carboxylic acid groups (broad SMARTS) is 1. The number of carbonyl (C=O) groups is 1. The van der Waals surface area contributed by atoms with Gasteiger partial charge < -0.3 is 15.3 Å². The molecule has 0 radical (unpaired) electrons. The topological polar surface area (TPSA) is 52.6 Å². The lowest BCUT2D eigenvalue weighted by molar-refractivity contribution is 0.0697. The van der Waals surface area contributed by atoms with E-state index in [4.69, 9.17) is 0 Å². The summed E-state index contributed by atoms with van der Waals surface area (Å²) in [5.41, 5.74) is 0.976. The van der Waals surface area contributed by atoms with E-state index >= 15 is 0 Å². The average Bonchev–Trinajstić information content (AvgIpc) is 2.81. The summed E-state index contributed by atoms with van der Waals surface area (Å²) in [6.45, 7) is 5.34. The SMILES string of the molecule is CC(CN1CCCC1)Nc1cccc(Br)c1C(=O)O. The van der Waals surface area contributed by atoms with E-state index in [0.29, 0.717) is 15.7 Å². The zero-order valence-electron chi connectivity index (χ0n) is 11.0. The van der Waals surface area contributed by atoms with Gasteiger partial charge in [0.2, 0.25) is 0 Å². The summed E-state index contributed by atoms with van der Waals surface area (Å²) in [5.74, 6) is -0.914. The number of nitrogens with one attached hydrogen (secondary N) is 1. The molecule has 1 unspecified atom stereocenters. The van der Waals surface area contributed by atoms with Gasteiger partial charge in [0.15, 0.2) is 0 Å². The fourth-order valence-electron chi connectivity index (χ4n) is 2.53. The summed E-state index contributed by atoms with van der Waals surface area (Å²) < 4.78 is 0.610. The molecule has 1 aromatic rings. The van der Waals surface area contributed by atoms with Gasteiger partial charge in [-0.2, -0.15) is 0 Å². The van der Waals surface area contributed by atoms with Crippen LogP contribution in [0.25, 0.3) is 0 Å². The molecule has 1 saturated heterocycles.